The maximum atomic E-state index is 13.3. The predicted molar refractivity (Wildman–Crippen MR) is 116 cm³/mol. The maximum absolute atomic E-state index is 13.3. The Morgan fingerprint density at radius 3 is 2.19 bits per heavy atom. The van der Waals surface area contributed by atoms with E-state index in [0.717, 1.165) is 11.1 Å². The Bertz CT molecular complexity index is 1310. The maximum Gasteiger partial charge on any atom is 0.264 e. The smallest absolute Gasteiger partial charge is 0.264 e. The van der Waals surface area contributed by atoms with Gasteiger partial charge in [-0.1, -0.05) is 30.3 Å². The highest BCUT2D eigenvalue weighted by molar-refractivity contribution is 7.92. The molecule has 158 valence electrons. The van der Waals surface area contributed by atoms with E-state index < -0.39 is 10.0 Å². The monoisotopic (exact) mass is 438 g/mol. The Hall–Kier alpha value is -3.65. The van der Waals surface area contributed by atoms with Gasteiger partial charge in [0.2, 0.25) is 5.88 Å². The quantitative estimate of drug-likeness (QED) is 0.444. The molecular weight excluding hydrogens is 419 g/mol. The SMILES string of the molecule is COc1ccc(-c2cc(-c3ccc(F)cc3)ccc2S(=O)(=O)Nc2cnc(C)o2)cc1. The van der Waals surface area contributed by atoms with Gasteiger partial charge in [-0.25, -0.2) is 22.5 Å². The molecule has 0 saturated heterocycles. The summed E-state index contributed by atoms with van der Waals surface area (Å²) in [6, 6.07) is 18.0. The number of nitrogens with zero attached hydrogens (tertiary/aromatic N) is 1. The van der Waals surface area contributed by atoms with Gasteiger partial charge >= 0.3 is 0 Å². The van der Waals surface area contributed by atoms with Crippen LogP contribution in [0.4, 0.5) is 10.3 Å². The molecule has 1 N–H and O–H groups in total. The van der Waals surface area contributed by atoms with Gasteiger partial charge in [-0.3, -0.25) is 0 Å². The number of aromatic nitrogens is 1. The van der Waals surface area contributed by atoms with Crippen LogP contribution in [0.1, 0.15) is 5.89 Å². The van der Waals surface area contributed by atoms with Gasteiger partial charge in [-0.15, -0.1) is 0 Å². The Morgan fingerprint density at radius 1 is 0.935 bits per heavy atom. The lowest BCUT2D eigenvalue weighted by Crippen LogP contribution is -2.13. The van der Waals surface area contributed by atoms with Crippen molar-refractivity contribution in [1.29, 1.82) is 0 Å². The van der Waals surface area contributed by atoms with Crippen LogP contribution in [0, 0.1) is 12.7 Å². The van der Waals surface area contributed by atoms with E-state index in [1.54, 1.807) is 62.6 Å². The molecule has 0 aliphatic carbocycles. The lowest BCUT2D eigenvalue weighted by atomic mass is 9.99. The van der Waals surface area contributed by atoms with Crippen molar-refractivity contribution in [3.05, 3.63) is 84.6 Å². The zero-order chi connectivity index (χ0) is 22.0. The molecule has 0 aliphatic heterocycles. The van der Waals surface area contributed by atoms with E-state index in [1.807, 2.05) is 0 Å². The third-order valence-corrected chi connectivity index (χ3v) is 6.11. The van der Waals surface area contributed by atoms with Crippen LogP contribution in [0.15, 0.2) is 82.2 Å². The first kappa shape index (κ1) is 20.6. The first-order valence-electron chi connectivity index (χ1n) is 9.35. The summed E-state index contributed by atoms with van der Waals surface area (Å²) in [6.45, 7) is 1.62. The molecular formula is C23H19FN2O4S. The predicted octanol–water partition coefficient (Wildman–Crippen LogP) is 5.27. The zero-order valence-electron chi connectivity index (χ0n) is 16.8. The van der Waals surface area contributed by atoms with Crippen molar-refractivity contribution in [2.45, 2.75) is 11.8 Å². The van der Waals surface area contributed by atoms with E-state index >= 15 is 0 Å². The number of methoxy groups -OCH3 is 1. The lowest BCUT2D eigenvalue weighted by molar-refractivity contribution is 0.415. The largest absolute Gasteiger partial charge is 0.497 e. The number of halogens is 1. The van der Waals surface area contributed by atoms with Gasteiger partial charge in [-0.05, 0) is 53.1 Å². The lowest BCUT2D eigenvalue weighted by Gasteiger charge is -2.14. The number of rotatable bonds is 6. The molecule has 0 spiro atoms. The summed E-state index contributed by atoms with van der Waals surface area (Å²) in [6.07, 6.45) is 1.31. The van der Waals surface area contributed by atoms with Crippen molar-refractivity contribution in [3.63, 3.8) is 0 Å². The number of nitrogens with one attached hydrogen (secondary N) is 1. The van der Waals surface area contributed by atoms with Gasteiger partial charge in [0.1, 0.15) is 11.6 Å². The molecule has 1 heterocycles. The normalized spacial score (nSPS) is 11.3. The number of benzene rings is 3. The molecule has 0 saturated carbocycles. The molecule has 0 radical (unpaired) electrons. The number of sulfonamides is 1. The molecule has 6 nitrogen and oxygen atoms in total. The van der Waals surface area contributed by atoms with Gasteiger partial charge in [-0.2, -0.15) is 0 Å². The van der Waals surface area contributed by atoms with Gasteiger partial charge < -0.3 is 9.15 Å². The highest BCUT2D eigenvalue weighted by atomic mass is 32.2. The Labute approximate surface area is 179 Å². The second-order valence-corrected chi connectivity index (χ2v) is 8.45. The fourth-order valence-electron chi connectivity index (χ4n) is 3.18. The molecule has 4 rings (SSSR count). The van der Waals surface area contributed by atoms with Gasteiger partial charge in [0.15, 0.2) is 5.89 Å². The van der Waals surface area contributed by atoms with Crippen LogP contribution in [-0.4, -0.2) is 20.5 Å². The fraction of sp³-hybridized carbons (Fsp3) is 0.0870. The van der Waals surface area contributed by atoms with Gasteiger partial charge in [0.05, 0.1) is 18.2 Å². The van der Waals surface area contributed by atoms with Crippen LogP contribution in [0.3, 0.4) is 0 Å². The van der Waals surface area contributed by atoms with E-state index in [-0.39, 0.29) is 16.6 Å². The molecule has 8 heteroatoms. The van der Waals surface area contributed by atoms with Crippen LogP contribution in [0.5, 0.6) is 5.75 Å². The van der Waals surface area contributed by atoms with Crippen LogP contribution in [0.2, 0.25) is 0 Å². The van der Waals surface area contributed by atoms with Gasteiger partial charge in [0.25, 0.3) is 10.0 Å². The summed E-state index contributed by atoms with van der Waals surface area (Å²) in [4.78, 5) is 3.98. The topological polar surface area (TPSA) is 81.4 Å². The summed E-state index contributed by atoms with van der Waals surface area (Å²) in [5, 5.41) is 0. The summed E-state index contributed by atoms with van der Waals surface area (Å²) >= 11 is 0. The average Bonchev–Trinajstić information content (AvgIpc) is 3.17. The van der Waals surface area contributed by atoms with E-state index in [9.17, 15) is 12.8 Å². The second kappa shape index (κ2) is 8.23. The van der Waals surface area contributed by atoms with Crippen molar-refractivity contribution in [2.24, 2.45) is 0 Å². The summed E-state index contributed by atoms with van der Waals surface area (Å²) < 4.78 is 52.5. The second-order valence-electron chi connectivity index (χ2n) is 6.80. The molecule has 0 fully saturated rings. The Kier molecular flexibility index (Phi) is 5.48. The van der Waals surface area contributed by atoms with E-state index in [0.29, 0.717) is 22.8 Å². The minimum absolute atomic E-state index is 0.0285. The molecule has 0 unspecified atom stereocenters. The molecule has 0 bridgehead atoms. The standard InChI is InChI=1S/C23H19FN2O4S/c1-15-25-14-23(30-15)26-31(27,28)22-12-7-18(16-3-8-19(24)9-4-16)13-21(22)17-5-10-20(29-2)11-6-17/h3-14,26H,1-2H3. The fourth-order valence-corrected chi connectivity index (χ4v) is 4.36. The number of hydrogen-bond donors (Lipinski definition) is 1. The Balaban J connectivity index is 1.84. The first-order chi connectivity index (χ1) is 14.9. The minimum atomic E-state index is -3.98. The molecule has 0 atom stereocenters. The highest BCUT2D eigenvalue weighted by Gasteiger charge is 2.22. The number of hydrogen-bond acceptors (Lipinski definition) is 5. The third-order valence-electron chi connectivity index (χ3n) is 4.70. The molecule has 4 aromatic rings. The van der Waals surface area contributed by atoms with Gasteiger partial charge in [0, 0.05) is 12.5 Å². The average molecular weight is 438 g/mol. The van der Waals surface area contributed by atoms with Crippen LogP contribution in [0.25, 0.3) is 22.3 Å². The molecule has 0 aliphatic rings. The zero-order valence-corrected chi connectivity index (χ0v) is 17.6. The summed E-state index contributed by atoms with van der Waals surface area (Å²) in [5.74, 6) is 0.684. The molecule has 31 heavy (non-hydrogen) atoms. The highest BCUT2D eigenvalue weighted by Crippen LogP contribution is 2.34. The van der Waals surface area contributed by atoms with Crippen molar-refractivity contribution in [1.82, 2.24) is 4.98 Å². The molecule has 0 amide bonds. The number of ether oxygens (including phenoxy) is 1. The van der Waals surface area contributed by atoms with E-state index in [2.05, 4.69) is 9.71 Å². The van der Waals surface area contributed by atoms with Crippen LogP contribution in [-0.2, 0) is 10.0 Å². The summed E-state index contributed by atoms with van der Waals surface area (Å²) in [5.41, 5.74) is 2.67. The van der Waals surface area contributed by atoms with E-state index in [1.165, 1.54) is 24.4 Å². The minimum Gasteiger partial charge on any atom is -0.497 e. The first-order valence-corrected chi connectivity index (χ1v) is 10.8. The number of anilines is 1. The Morgan fingerprint density at radius 2 is 1.58 bits per heavy atom. The van der Waals surface area contributed by atoms with Crippen molar-refractivity contribution in [3.8, 4) is 28.0 Å². The van der Waals surface area contributed by atoms with Crippen molar-refractivity contribution in [2.75, 3.05) is 11.8 Å². The van der Waals surface area contributed by atoms with Crippen LogP contribution < -0.4 is 9.46 Å². The molecule has 1 aromatic heterocycles. The van der Waals surface area contributed by atoms with Crippen molar-refractivity contribution < 1.29 is 22.0 Å². The van der Waals surface area contributed by atoms with E-state index in [4.69, 9.17) is 9.15 Å². The molecule has 3 aromatic carbocycles. The third kappa shape index (κ3) is 4.44. The van der Waals surface area contributed by atoms with Crippen molar-refractivity contribution >= 4 is 15.9 Å². The number of aryl methyl sites for hydroxylation is 1. The summed E-state index contributed by atoms with van der Waals surface area (Å²) in [7, 11) is -2.42. The van der Waals surface area contributed by atoms with Crippen LogP contribution >= 0.6 is 0 Å². The number of oxazole rings is 1.